The number of nitrogen functional groups attached to an aromatic ring is 1. The number of unbranched alkanes of at least 4 members (excludes halogenated alkanes) is 1. The summed E-state index contributed by atoms with van der Waals surface area (Å²) >= 11 is 0. The van der Waals surface area contributed by atoms with Crippen LogP contribution in [0.4, 0.5) is 5.69 Å². The molecule has 2 rings (SSSR count). The maximum absolute atomic E-state index is 14.6. The van der Waals surface area contributed by atoms with Gasteiger partial charge in [-0.15, -0.1) is 0 Å². The molecule has 0 aliphatic heterocycles. The minimum Gasteiger partial charge on any atom is -0.480 e. The first-order valence-electron chi connectivity index (χ1n) is 23.3. The van der Waals surface area contributed by atoms with Gasteiger partial charge in [-0.05, 0) is 73.7 Å². The molecule has 0 saturated carbocycles. The highest BCUT2D eigenvalue weighted by Gasteiger charge is 2.35. The van der Waals surface area contributed by atoms with Crippen molar-refractivity contribution in [3.63, 3.8) is 0 Å². The predicted octanol–water partition coefficient (Wildman–Crippen LogP) is -1.69. The summed E-state index contributed by atoms with van der Waals surface area (Å²) in [6, 6.07) is 5.71. The molecule has 23 heteroatoms. The van der Waals surface area contributed by atoms with Crippen molar-refractivity contribution in [1.82, 2.24) is 37.2 Å². The molecule has 2 aromatic carbocycles. The molecular weight excluding hydrogens is 907 g/mol. The number of nitrogens with zero attached hydrogens (tertiary/aromatic N) is 1. The number of nitrogens with one attached hydrogen (secondary N) is 7. The number of nitrogens with two attached hydrogens (primary N) is 5. The number of carboxylic acid groups (broad SMARTS) is 1. The van der Waals surface area contributed by atoms with Gasteiger partial charge in [0.15, 0.2) is 5.96 Å². The Morgan fingerprint density at radius 1 is 0.600 bits per heavy atom. The third-order valence-electron chi connectivity index (χ3n) is 11.2. The number of amides is 8. The average Bonchev–Trinajstić information content (AvgIpc) is 3.29. The summed E-state index contributed by atoms with van der Waals surface area (Å²) < 4.78 is 0. The van der Waals surface area contributed by atoms with Crippen molar-refractivity contribution in [1.29, 1.82) is 0 Å². The van der Waals surface area contributed by atoms with E-state index < -0.39 is 108 Å². The number of carbonyl (C=O) groups excluding carboxylic acids is 8. The summed E-state index contributed by atoms with van der Waals surface area (Å²) in [6.45, 7) is 8.35. The van der Waals surface area contributed by atoms with Crippen LogP contribution in [0.15, 0.2) is 59.6 Å². The fourth-order valence-corrected chi connectivity index (χ4v) is 7.21. The molecule has 8 amide bonds. The fraction of sp³-hybridized carbons (Fsp3) is 0.532. The number of hydrogen-bond acceptors (Lipinski definition) is 12. The standard InChI is InChI=1S/C47H73N13O10/c1-6-27(4)39(46(69)70)60-44(67)36(25-37(50)62)59-40(63)32(18-10-11-20-48)55-42(65)35(24-30-16-12-17-31(49)22-30)58-43(66)34(23-29-14-8-7-9-15-29)57-41(64)33(19-13-21-53-47(51)52)56-45(68)38(26(2)3)54-28(5)61/h7-9,12,14-17,22,26-27,32-36,38-39H,6,10-11,13,18-21,23-25,48-49H2,1-5H3,(H2,50,62)(H,54,61)(H,55,65)(H,56,68)(H,57,64)(H,58,66)(H,59,63)(H,60,67)(H,69,70)(H4,51,52,53)/t27-,32-,33-,34-,35-,36-,38-,39-/m0/s1. The van der Waals surface area contributed by atoms with E-state index in [1.807, 2.05) is 0 Å². The maximum atomic E-state index is 14.6. The summed E-state index contributed by atoms with van der Waals surface area (Å²) in [4.78, 5) is 124. The molecule has 0 heterocycles. The molecule has 0 radical (unpaired) electrons. The third kappa shape index (κ3) is 21.3. The Bertz CT molecular complexity index is 2120. The number of rotatable bonds is 31. The number of carboxylic acids is 1. The van der Waals surface area contributed by atoms with Crippen LogP contribution >= 0.6 is 0 Å². The van der Waals surface area contributed by atoms with Gasteiger partial charge >= 0.3 is 5.97 Å². The number of anilines is 1. The van der Waals surface area contributed by atoms with E-state index in [0.717, 1.165) is 0 Å². The van der Waals surface area contributed by atoms with Gasteiger partial charge in [-0.3, -0.25) is 43.3 Å². The molecule has 386 valence electrons. The van der Waals surface area contributed by atoms with Gasteiger partial charge in [-0.25, -0.2) is 4.79 Å². The molecule has 0 spiro atoms. The molecule has 0 aromatic heterocycles. The van der Waals surface area contributed by atoms with Crippen LogP contribution in [0.5, 0.6) is 0 Å². The van der Waals surface area contributed by atoms with Crippen LogP contribution in [0.3, 0.4) is 0 Å². The van der Waals surface area contributed by atoms with Crippen molar-refractivity contribution in [2.45, 2.75) is 135 Å². The molecule has 0 aliphatic rings. The van der Waals surface area contributed by atoms with E-state index >= 15 is 0 Å². The molecule has 2 aromatic rings. The summed E-state index contributed by atoms with van der Waals surface area (Å²) in [7, 11) is 0. The van der Waals surface area contributed by atoms with Gasteiger partial charge in [-0.2, -0.15) is 0 Å². The average molecular weight is 980 g/mol. The Balaban J connectivity index is 2.60. The van der Waals surface area contributed by atoms with Crippen LogP contribution < -0.4 is 65.9 Å². The van der Waals surface area contributed by atoms with E-state index in [2.05, 4.69) is 42.2 Å². The molecule has 0 bridgehead atoms. The van der Waals surface area contributed by atoms with E-state index in [1.54, 1.807) is 82.3 Å². The minimum absolute atomic E-state index is 0.00689. The second kappa shape index (κ2) is 30.2. The molecular formula is C47H73N13O10. The molecule has 0 aliphatic carbocycles. The molecule has 23 nitrogen and oxygen atoms in total. The van der Waals surface area contributed by atoms with Crippen LogP contribution in [0.1, 0.15) is 90.7 Å². The number of carbonyl (C=O) groups is 9. The maximum Gasteiger partial charge on any atom is 0.326 e. The number of primary amides is 1. The summed E-state index contributed by atoms with van der Waals surface area (Å²) in [5, 5.41) is 28.0. The first-order chi connectivity index (χ1) is 33.1. The topological polar surface area (TPSA) is 401 Å². The van der Waals surface area contributed by atoms with Gasteiger partial charge < -0.3 is 71.0 Å². The number of guanidine groups is 1. The van der Waals surface area contributed by atoms with Crippen molar-refractivity contribution in [3.05, 3.63) is 65.7 Å². The zero-order valence-corrected chi connectivity index (χ0v) is 40.6. The molecule has 8 atom stereocenters. The number of hydrogen-bond donors (Lipinski definition) is 13. The number of benzene rings is 2. The molecule has 70 heavy (non-hydrogen) atoms. The van der Waals surface area contributed by atoms with Gasteiger partial charge in [0.1, 0.15) is 42.3 Å². The monoisotopic (exact) mass is 980 g/mol. The van der Waals surface area contributed by atoms with Crippen LogP contribution in [-0.4, -0.2) is 120 Å². The second-order valence-corrected chi connectivity index (χ2v) is 17.5. The molecule has 0 fully saturated rings. The van der Waals surface area contributed by atoms with Crippen molar-refractivity contribution < 1.29 is 48.3 Å². The highest BCUT2D eigenvalue weighted by atomic mass is 16.4. The fourth-order valence-electron chi connectivity index (χ4n) is 7.21. The normalized spacial score (nSPS) is 14.4. The second-order valence-electron chi connectivity index (χ2n) is 17.5. The van der Waals surface area contributed by atoms with Crippen LogP contribution in [-0.2, 0) is 56.0 Å². The Morgan fingerprint density at radius 2 is 1.10 bits per heavy atom. The zero-order valence-electron chi connectivity index (χ0n) is 40.6. The van der Waals surface area contributed by atoms with Crippen molar-refractivity contribution in [3.8, 4) is 0 Å². The first kappa shape index (κ1) is 58.8. The Hall–Kier alpha value is -7.30. The Morgan fingerprint density at radius 3 is 1.60 bits per heavy atom. The van der Waals surface area contributed by atoms with Crippen LogP contribution in [0.25, 0.3) is 0 Å². The van der Waals surface area contributed by atoms with Gasteiger partial charge in [0.05, 0.1) is 6.42 Å². The van der Waals surface area contributed by atoms with Crippen molar-refractivity contribution in [2.75, 3.05) is 18.8 Å². The summed E-state index contributed by atoms with van der Waals surface area (Å²) in [5.74, 6) is -8.90. The highest BCUT2D eigenvalue weighted by Crippen LogP contribution is 2.14. The van der Waals surface area contributed by atoms with Gasteiger partial charge in [0.25, 0.3) is 0 Å². The number of aliphatic carboxylic acids is 1. The van der Waals surface area contributed by atoms with Gasteiger partial charge in [0, 0.05) is 32.0 Å². The highest BCUT2D eigenvalue weighted by molar-refractivity contribution is 5.98. The predicted molar refractivity (Wildman–Crippen MR) is 262 cm³/mol. The van der Waals surface area contributed by atoms with E-state index in [-0.39, 0.29) is 57.1 Å². The summed E-state index contributed by atoms with van der Waals surface area (Å²) in [6.07, 6.45) is 0.346. The van der Waals surface area contributed by atoms with Crippen LogP contribution in [0.2, 0.25) is 0 Å². The van der Waals surface area contributed by atoms with Gasteiger partial charge in [-0.1, -0.05) is 76.6 Å². The first-order valence-corrected chi connectivity index (χ1v) is 23.3. The van der Waals surface area contributed by atoms with E-state index in [1.165, 1.54) is 6.92 Å². The molecule has 18 N–H and O–H groups in total. The van der Waals surface area contributed by atoms with Gasteiger partial charge in [0.2, 0.25) is 47.3 Å². The molecule has 0 saturated heterocycles. The lowest BCUT2D eigenvalue weighted by molar-refractivity contribution is -0.144. The Kier molecular flexibility index (Phi) is 25.4. The number of aliphatic imine (C=N–C) groups is 1. The lowest BCUT2D eigenvalue weighted by Gasteiger charge is -2.28. The van der Waals surface area contributed by atoms with Crippen molar-refractivity contribution >= 4 is 64.9 Å². The lowest BCUT2D eigenvalue weighted by Crippen LogP contribution is -2.61. The van der Waals surface area contributed by atoms with E-state index in [9.17, 15) is 48.3 Å². The smallest absolute Gasteiger partial charge is 0.326 e. The van der Waals surface area contributed by atoms with E-state index in [0.29, 0.717) is 36.1 Å². The lowest BCUT2D eigenvalue weighted by atomic mass is 9.98. The largest absolute Gasteiger partial charge is 0.480 e. The van der Waals surface area contributed by atoms with E-state index in [4.69, 9.17) is 28.7 Å². The Labute approximate surface area is 408 Å². The van der Waals surface area contributed by atoms with Crippen LogP contribution in [0, 0.1) is 11.8 Å². The molecule has 0 unspecified atom stereocenters. The SMILES string of the molecule is CC[C@H](C)[C@H](NC(=O)[C@H](CC(N)=O)NC(=O)[C@H](CCCCN)NC(=O)[C@H](Cc1cccc(N)c1)NC(=O)[C@H](Cc1ccccc1)NC(=O)[C@H](CCCN=C(N)N)NC(=O)[C@@H](NC(C)=O)C(C)C)C(=O)O. The minimum atomic E-state index is -1.63. The zero-order chi connectivity index (χ0) is 52.5. The summed E-state index contributed by atoms with van der Waals surface area (Å²) in [5.41, 5.74) is 29.7. The van der Waals surface area contributed by atoms with Crippen molar-refractivity contribution in [2.24, 2.45) is 39.8 Å². The third-order valence-corrected chi connectivity index (χ3v) is 11.2. The quantitative estimate of drug-likeness (QED) is 0.0174.